The van der Waals surface area contributed by atoms with Gasteiger partial charge in [-0.15, -0.1) is 0 Å². The molecule has 5 nitrogen and oxygen atoms in total. The first-order valence-electron chi connectivity index (χ1n) is 14.8. The summed E-state index contributed by atoms with van der Waals surface area (Å²) in [4.78, 5) is 13.7. The number of aromatic nitrogens is 1. The quantitative estimate of drug-likeness (QED) is 0.161. The SMILES string of the molecule is CCCCCCCCOc1c(OCCCC)c2ccc(OCCCCCC)cc2n(CCCC)c1=O. The van der Waals surface area contributed by atoms with Crippen LogP contribution in [0.2, 0.25) is 0 Å². The molecule has 1 heterocycles. The van der Waals surface area contributed by atoms with Crippen LogP contribution in [0.1, 0.15) is 118 Å². The minimum atomic E-state index is -0.0893. The fraction of sp³-hybridized carbons (Fsp3) is 0.710. The number of rotatable bonds is 21. The van der Waals surface area contributed by atoms with Crippen LogP contribution in [0.3, 0.4) is 0 Å². The molecular formula is C31H51NO4. The molecule has 0 saturated carbocycles. The number of nitrogens with zero attached hydrogens (tertiary/aromatic N) is 1. The third-order valence-corrected chi connectivity index (χ3v) is 6.64. The first-order chi connectivity index (χ1) is 17.7. The lowest BCUT2D eigenvalue weighted by Crippen LogP contribution is -2.24. The number of ether oxygens (including phenoxy) is 3. The van der Waals surface area contributed by atoms with Crippen molar-refractivity contribution in [3.63, 3.8) is 0 Å². The molecular weight excluding hydrogens is 450 g/mol. The lowest BCUT2D eigenvalue weighted by molar-refractivity contribution is 0.257. The average molecular weight is 502 g/mol. The van der Waals surface area contributed by atoms with Gasteiger partial charge < -0.3 is 18.8 Å². The monoisotopic (exact) mass is 501 g/mol. The minimum absolute atomic E-state index is 0.0893. The minimum Gasteiger partial charge on any atom is -0.494 e. The highest BCUT2D eigenvalue weighted by Crippen LogP contribution is 2.35. The largest absolute Gasteiger partial charge is 0.494 e. The van der Waals surface area contributed by atoms with Gasteiger partial charge in [-0.1, -0.05) is 91.9 Å². The molecule has 0 fully saturated rings. The van der Waals surface area contributed by atoms with Crippen molar-refractivity contribution in [1.82, 2.24) is 4.57 Å². The molecule has 0 aliphatic heterocycles. The van der Waals surface area contributed by atoms with E-state index in [1.165, 1.54) is 44.9 Å². The summed E-state index contributed by atoms with van der Waals surface area (Å²) < 4.78 is 20.3. The Morgan fingerprint density at radius 1 is 0.611 bits per heavy atom. The maximum atomic E-state index is 13.7. The lowest BCUT2D eigenvalue weighted by Gasteiger charge is -2.19. The molecule has 0 bridgehead atoms. The average Bonchev–Trinajstić information content (AvgIpc) is 2.89. The molecule has 0 saturated heterocycles. The highest BCUT2D eigenvalue weighted by Gasteiger charge is 2.20. The number of hydrogen-bond donors (Lipinski definition) is 0. The Labute approximate surface area is 219 Å². The van der Waals surface area contributed by atoms with Crippen molar-refractivity contribution >= 4 is 10.9 Å². The number of unbranched alkanes of at least 4 members (excludes halogenated alkanes) is 10. The number of pyridine rings is 1. The zero-order chi connectivity index (χ0) is 26.0. The number of aryl methyl sites for hydroxylation is 1. The Kier molecular flexibility index (Phi) is 15.1. The maximum absolute atomic E-state index is 13.7. The first-order valence-corrected chi connectivity index (χ1v) is 14.8. The van der Waals surface area contributed by atoms with Gasteiger partial charge in [0.05, 0.1) is 25.3 Å². The van der Waals surface area contributed by atoms with Gasteiger partial charge in [0.25, 0.3) is 5.56 Å². The molecule has 1 aromatic carbocycles. The zero-order valence-corrected chi connectivity index (χ0v) is 23.5. The fourth-order valence-corrected chi connectivity index (χ4v) is 4.37. The predicted octanol–water partition coefficient (Wildman–Crippen LogP) is 8.68. The second-order valence-electron chi connectivity index (χ2n) is 9.87. The summed E-state index contributed by atoms with van der Waals surface area (Å²) in [5, 5.41) is 0.929. The molecule has 204 valence electrons. The van der Waals surface area contributed by atoms with Crippen molar-refractivity contribution in [3.05, 3.63) is 28.6 Å². The zero-order valence-electron chi connectivity index (χ0n) is 23.5. The summed E-state index contributed by atoms with van der Waals surface area (Å²) in [6.45, 7) is 11.2. The molecule has 5 heteroatoms. The van der Waals surface area contributed by atoms with Crippen LogP contribution in [0.25, 0.3) is 10.9 Å². The van der Waals surface area contributed by atoms with E-state index in [0.29, 0.717) is 37.9 Å². The summed E-state index contributed by atoms with van der Waals surface area (Å²) in [5.74, 6) is 1.78. The standard InChI is InChI=1S/C31H51NO4/c1-5-9-13-15-16-18-24-36-30-29(35-22-12-8-4)27-20-19-26(34-23-17-14-10-6-2)25-28(27)32(31(30)33)21-11-7-3/h19-20,25H,5-18,21-24H2,1-4H3. The van der Waals surface area contributed by atoms with E-state index in [1.807, 2.05) is 22.8 Å². The van der Waals surface area contributed by atoms with E-state index in [0.717, 1.165) is 61.6 Å². The molecule has 2 rings (SSSR count). The molecule has 0 aliphatic rings. The van der Waals surface area contributed by atoms with Crippen molar-refractivity contribution in [1.29, 1.82) is 0 Å². The Morgan fingerprint density at radius 2 is 1.17 bits per heavy atom. The Morgan fingerprint density at radius 3 is 1.86 bits per heavy atom. The van der Waals surface area contributed by atoms with Crippen LogP contribution < -0.4 is 19.8 Å². The molecule has 0 radical (unpaired) electrons. The van der Waals surface area contributed by atoms with Gasteiger partial charge in [0.15, 0.2) is 5.75 Å². The van der Waals surface area contributed by atoms with Crippen LogP contribution in [0, 0.1) is 0 Å². The molecule has 0 atom stereocenters. The van der Waals surface area contributed by atoms with Crippen LogP contribution >= 0.6 is 0 Å². The van der Waals surface area contributed by atoms with E-state index >= 15 is 0 Å². The molecule has 2 aromatic rings. The van der Waals surface area contributed by atoms with E-state index < -0.39 is 0 Å². The number of hydrogen-bond acceptors (Lipinski definition) is 4. The van der Waals surface area contributed by atoms with Crippen molar-refractivity contribution in [2.24, 2.45) is 0 Å². The molecule has 0 aliphatic carbocycles. The second kappa shape index (κ2) is 18.1. The van der Waals surface area contributed by atoms with E-state index in [4.69, 9.17) is 14.2 Å². The van der Waals surface area contributed by atoms with Crippen LogP contribution in [-0.4, -0.2) is 24.4 Å². The van der Waals surface area contributed by atoms with Crippen LogP contribution in [-0.2, 0) is 6.54 Å². The normalized spacial score (nSPS) is 11.2. The molecule has 0 unspecified atom stereocenters. The van der Waals surface area contributed by atoms with Gasteiger partial charge in [-0.3, -0.25) is 4.79 Å². The van der Waals surface area contributed by atoms with Crippen molar-refractivity contribution in [3.8, 4) is 17.2 Å². The van der Waals surface area contributed by atoms with E-state index in [1.54, 1.807) is 0 Å². The summed E-state index contributed by atoms with van der Waals surface area (Å²) in [6, 6.07) is 6.05. The summed E-state index contributed by atoms with van der Waals surface area (Å²) in [7, 11) is 0. The third kappa shape index (κ3) is 9.71. The van der Waals surface area contributed by atoms with Crippen LogP contribution in [0.5, 0.6) is 17.2 Å². The predicted molar refractivity (Wildman–Crippen MR) is 152 cm³/mol. The summed E-state index contributed by atoms with van der Waals surface area (Å²) in [5.41, 5.74) is 0.784. The highest BCUT2D eigenvalue weighted by atomic mass is 16.5. The fourth-order valence-electron chi connectivity index (χ4n) is 4.37. The highest BCUT2D eigenvalue weighted by molar-refractivity contribution is 5.89. The smallest absolute Gasteiger partial charge is 0.297 e. The van der Waals surface area contributed by atoms with E-state index in [2.05, 4.69) is 27.7 Å². The Balaban J connectivity index is 2.33. The number of fused-ring (bicyclic) bond motifs is 1. The molecule has 1 aromatic heterocycles. The van der Waals surface area contributed by atoms with Gasteiger partial charge in [-0.05, 0) is 37.8 Å². The van der Waals surface area contributed by atoms with Gasteiger partial charge in [-0.2, -0.15) is 0 Å². The van der Waals surface area contributed by atoms with E-state index in [-0.39, 0.29) is 5.56 Å². The summed E-state index contributed by atoms with van der Waals surface area (Å²) >= 11 is 0. The van der Waals surface area contributed by atoms with Gasteiger partial charge in [0, 0.05) is 18.0 Å². The van der Waals surface area contributed by atoms with Gasteiger partial charge in [0.2, 0.25) is 5.75 Å². The van der Waals surface area contributed by atoms with Crippen molar-refractivity contribution < 1.29 is 14.2 Å². The molecule has 36 heavy (non-hydrogen) atoms. The van der Waals surface area contributed by atoms with Gasteiger partial charge in [-0.25, -0.2) is 0 Å². The Hall–Kier alpha value is -2.17. The van der Waals surface area contributed by atoms with Crippen LogP contribution in [0.4, 0.5) is 0 Å². The van der Waals surface area contributed by atoms with Gasteiger partial charge >= 0.3 is 0 Å². The second-order valence-corrected chi connectivity index (χ2v) is 9.87. The number of benzene rings is 1. The molecule has 0 spiro atoms. The van der Waals surface area contributed by atoms with E-state index in [9.17, 15) is 4.79 Å². The molecule has 0 amide bonds. The molecule has 0 N–H and O–H groups in total. The first kappa shape index (κ1) is 30.1. The maximum Gasteiger partial charge on any atom is 0.297 e. The summed E-state index contributed by atoms with van der Waals surface area (Å²) in [6.07, 6.45) is 15.7. The Bertz CT molecular complexity index is 921. The van der Waals surface area contributed by atoms with Crippen molar-refractivity contribution in [2.45, 2.75) is 124 Å². The van der Waals surface area contributed by atoms with Crippen LogP contribution in [0.15, 0.2) is 23.0 Å². The topological polar surface area (TPSA) is 49.7 Å². The lowest BCUT2D eigenvalue weighted by atomic mass is 10.1. The third-order valence-electron chi connectivity index (χ3n) is 6.64. The van der Waals surface area contributed by atoms with Crippen molar-refractivity contribution in [2.75, 3.05) is 19.8 Å². The van der Waals surface area contributed by atoms with Gasteiger partial charge in [0.1, 0.15) is 5.75 Å².